The molecule has 3 rings (SSSR count). The van der Waals surface area contributed by atoms with Crippen molar-refractivity contribution in [3.05, 3.63) is 65.7 Å². The zero-order valence-corrected chi connectivity index (χ0v) is 13.5. The SMILES string of the molecule is NC(=O)N(O)CCOc1cccc(C2=N[C@H](c3ccccc3)CO2)c1. The molecule has 1 atom stereocenters. The van der Waals surface area contributed by atoms with E-state index in [9.17, 15) is 10.0 Å². The lowest BCUT2D eigenvalue weighted by Gasteiger charge is -2.13. The van der Waals surface area contributed by atoms with Crippen LogP contribution in [0, 0.1) is 0 Å². The molecular formula is C18H19N3O4. The fourth-order valence-electron chi connectivity index (χ4n) is 2.46. The molecule has 0 spiro atoms. The number of amides is 2. The van der Waals surface area contributed by atoms with Gasteiger partial charge >= 0.3 is 6.03 Å². The van der Waals surface area contributed by atoms with Crippen LogP contribution in [0.1, 0.15) is 17.2 Å². The van der Waals surface area contributed by atoms with Gasteiger partial charge in [0.15, 0.2) is 0 Å². The predicted octanol–water partition coefficient (Wildman–Crippen LogP) is 2.35. The average Bonchev–Trinajstić information content (AvgIpc) is 3.13. The standard InChI is InChI=1S/C18H19N3O4/c19-18(22)21(23)9-10-24-15-8-4-7-14(11-15)17-20-16(12-25-17)13-5-2-1-3-6-13/h1-8,11,16,23H,9-10,12H2,(H2,19,22)/t16-/m0/s1. The number of rotatable bonds is 6. The zero-order chi connectivity index (χ0) is 17.6. The maximum atomic E-state index is 10.7. The topological polar surface area (TPSA) is 97.4 Å². The summed E-state index contributed by atoms with van der Waals surface area (Å²) in [6.07, 6.45) is 0. The van der Waals surface area contributed by atoms with Crippen LogP contribution in [0.3, 0.4) is 0 Å². The Morgan fingerprint density at radius 1 is 1.28 bits per heavy atom. The second-order valence-electron chi connectivity index (χ2n) is 5.51. The molecule has 130 valence electrons. The number of hydroxylamine groups is 2. The first-order chi connectivity index (χ1) is 12.1. The number of aliphatic imine (C=N–C) groups is 1. The highest BCUT2D eigenvalue weighted by atomic mass is 16.5. The Bertz CT molecular complexity index is 764. The van der Waals surface area contributed by atoms with Gasteiger partial charge in [-0.25, -0.2) is 14.9 Å². The normalized spacial score (nSPS) is 16.0. The van der Waals surface area contributed by atoms with Crippen LogP contribution >= 0.6 is 0 Å². The minimum absolute atomic E-state index is 0.0145. The van der Waals surface area contributed by atoms with Crippen molar-refractivity contribution in [1.29, 1.82) is 0 Å². The predicted molar refractivity (Wildman–Crippen MR) is 91.7 cm³/mol. The van der Waals surface area contributed by atoms with Gasteiger partial charge in [0.1, 0.15) is 25.0 Å². The number of benzene rings is 2. The largest absolute Gasteiger partial charge is 0.492 e. The molecule has 1 aliphatic heterocycles. The van der Waals surface area contributed by atoms with Crippen molar-refractivity contribution in [3.63, 3.8) is 0 Å². The van der Waals surface area contributed by atoms with E-state index in [2.05, 4.69) is 4.99 Å². The van der Waals surface area contributed by atoms with Crippen LogP contribution in [-0.4, -0.2) is 42.0 Å². The van der Waals surface area contributed by atoms with E-state index >= 15 is 0 Å². The van der Waals surface area contributed by atoms with E-state index in [1.54, 1.807) is 12.1 Å². The number of carbonyl (C=O) groups is 1. The van der Waals surface area contributed by atoms with Crippen molar-refractivity contribution in [2.75, 3.05) is 19.8 Å². The smallest absolute Gasteiger partial charge is 0.338 e. The van der Waals surface area contributed by atoms with Crippen LogP contribution in [0.15, 0.2) is 59.6 Å². The third-order valence-corrected chi connectivity index (χ3v) is 3.74. The molecule has 0 aliphatic carbocycles. The molecule has 2 amide bonds. The van der Waals surface area contributed by atoms with Crippen LogP contribution in [-0.2, 0) is 4.74 Å². The third-order valence-electron chi connectivity index (χ3n) is 3.74. The number of ether oxygens (including phenoxy) is 2. The Balaban J connectivity index is 1.64. The first-order valence-corrected chi connectivity index (χ1v) is 7.88. The van der Waals surface area contributed by atoms with Gasteiger partial charge in [-0.3, -0.25) is 5.21 Å². The van der Waals surface area contributed by atoms with E-state index in [1.807, 2.05) is 42.5 Å². The summed E-state index contributed by atoms with van der Waals surface area (Å²) in [4.78, 5) is 15.4. The quantitative estimate of drug-likeness (QED) is 0.622. The Kier molecular flexibility index (Phi) is 5.15. The van der Waals surface area contributed by atoms with Crippen LogP contribution in [0.25, 0.3) is 0 Å². The fourth-order valence-corrected chi connectivity index (χ4v) is 2.46. The number of hydrogen-bond acceptors (Lipinski definition) is 5. The molecule has 0 unspecified atom stereocenters. The van der Waals surface area contributed by atoms with Gasteiger partial charge in [0.05, 0.1) is 6.54 Å². The van der Waals surface area contributed by atoms with Crippen LogP contribution in [0.4, 0.5) is 4.79 Å². The highest BCUT2D eigenvalue weighted by Crippen LogP contribution is 2.26. The Morgan fingerprint density at radius 3 is 2.84 bits per heavy atom. The molecule has 7 nitrogen and oxygen atoms in total. The maximum absolute atomic E-state index is 10.7. The lowest BCUT2D eigenvalue weighted by atomic mass is 10.1. The van der Waals surface area contributed by atoms with Crippen molar-refractivity contribution in [1.82, 2.24) is 5.06 Å². The second-order valence-corrected chi connectivity index (χ2v) is 5.51. The average molecular weight is 341 g/mol. The maximum Gasteiger partial charge on any atom is 0.338 e. The molecule has 0 aromatic heterocycles. The van der Waals surface area contributed by atoms with Gasteiger partial charge in [0.25, 0.3) is 0 Å². The molecule has 0 fully saturated rings. The van der Waals surface area contributed by atoms with Crippen molar-refractivity contribution in [2.24, 2.45) is 10.7 Å². The van der Waals surface area contributed by atoms with Crippen LogP contribution in [0.5, 0.6) is 5.75 Å². The summed E-state index contributed by atoms with van der Waals surface area (Å²) in [5.41, 5.74) is 6.85. The van der Waals surface area contributed by atoms with Gasteiger partial charge in [-0.1, -0.05) is 36.4 Å². The van der Waals surface area contributed by atoms with Gasteiger partial charge < -0.3 is 15.2 Å². The monoisotopic (exact) mass is 341 g/mol. The third kappa shape index (κ3) is 4.27. The van der Waals surface area contributed by atoms with E-state index in [0.29, 0.717) is 23.3 Å². The summed E-state index contributed by atoms with van der Waals surface area (Å²) in [5, 5.41) is 9.61. The molecule has 0 saturated heterocycles. The lowest BCUT2D eigenvalue weighted by Crippen LogP contribution is -2.35. The van der Waals surface area contributed by atoms with Gasteiger partial charge in [0, 0.05) is 5.56 Å². The molecule has 0 radical (unpaired) electrons. The van der Waals surface area contributed by atoms with Gasteiger partial charge in [-0.15, -0.1) is 0 Å². The molecule has 7 heteroatoms. The van der Waals surface area contributed by atoms with Crippen LogP contribution < -0.4 is 10.5 Å². The van der Waals surface area contributed by atoms with Crippen molar-refractivity contribution in [2.45, 2.75) is 6.04 Å². The van der Waals surface area contributed by atoms with Gasteiger partial charge in [-0.2, -0.15) is 0 Å². The first kappa shape index (κ1) is 16.8. The number of urea groups is 1. The highest BCUT2D eigenvalue weighted by Gasteiger charge is 2.21. The lowest BCUT2D eigenvalue weighted by molar-refractivity contribution is -0.0464. The van der Waals surface area contributed by atoms with E-state index in [0.717, 1.165) is 11.1 Å². The summed E-state index contributed by atoms with van der Waals surface area (Å²) in [7, 11) is 0. The van der Waals surface area contributed by atoms with E-state index < -0.39 is 6.03 Å². The Morgan fingerprint density at radius 2 is 2.08 bits per heavy atom. The van der Waals surface area contributed by atoms with Gasteiger partial charge in [0.2, 0.25) is 5.90 Å². The van der Waals surface area contributed by atoms with Crippen molar-refractivity contribution < 1.29 is 19.5 Å². The molecule has 25 heavy (non-hydrogen) atoms. The number of primary amides is 1. The Labute approximate surface area is 145 Å². The van der Waals surface area contributed by atoms with Crippen molar-refractivity contribution >= 4 is 11.9 Å². The number of carbonyl (C=O) groups excluding carboxylic acids is 1. The summed E-state index contributed by atoms with van der Waals surface area (Å²) in [6, 6.07) is 16.4. The second kappa shape index (κ2) is 7.67. The molecule has 2 aromatic carbocycles. The first-order valence-electron chi connectivity index (χ1n) is 7.88. The molecule has 0 saturated carbocycles. The molecule has 2 aromatic rings. The minimum Gasteiger partial charge on any atom is -0.492 e. The molecular weight excluding hydrogens is 322 g/mol. The van der Waals surface area contributed by atoms with Crippen molar-refractivity contribution in [3.8, 4) is 5.75 Å². The Hall–Kier alpha value is -3.06. The summed E-state index contributed by atoms with van der Waals surface area (Å²) >= 11 is 0. The molecule has 0 bridgehead atoms. The summed E-state index contributed by atoms with van der Waals surface area (Å²) in [5.74, 6) is 1.16. The minimum atomic E-state index is -0.919. The molecule has 3 N–H and O–H groups in total. The molecule has 1 aliphatic rings. The van der Waals surface area contributed by atoms with Crippen LogP contribution in [0.2, 0.25) is 0 Å². The summed E-state index contributed by atoms with van der Waals surface area (Å²) in [6.45, 7) is 0.596. The van der Waals surface area contributed by atoms with E-state index in [1.165, 1.54) is 0 Å². The molecule has 1 heterocycles. The van der Waals surface area contributed by atoms with E-state index in [-0.39, 0.29) is 19.2 Å². The number of nitrogens with two attached hydrogens (primary N) is 1. The van der Waals surface area contributed by atoms with E-state index in [4.69, 9.17) is 15.2 Å². The number of nitrogens with zero attached hydrogens (tertiary/aromatic N) is 2. The fraction of sp³-hybridized carbons (Fsp3) is 0.222. The zero-order valence-electron chi connectivity index (χ0n) is 13.5. The highest BCUT2D eigenvalue weighted by molar-refractivity contribution is 5.95. The summed E-state index contributed by atoms with van der Waals surface area (Å²) < 4.78 is 11.2. The van der Waals surface area contributed by atoms with Gasteiger partial charge in [-0.05, 0) is 23.8 Å². The number of hydrogen-bond donors (Lipinski definition) is 2.